The summed E-state index contributed by atoms with van der Waals surface area (Å²) < 4.78 is 0. The Balaban J connectivity index is 4.71. The average Bonchev–Trinajstić information content (AvgIpc) is 2.14. The quantitative estimate of drug-likeness (QED) is 0.503. The number of hydrogen-bond donors (Lipinski definition) is 1. The van der Waals surface area contributed by atoms with Crippen LogP contribution in [-0.2, 0) is 9.59 Å². The lowest BCUT2D eigenvalue weighted by molar-refractivity contribution is -0.149. The summed E-state index contributed by atoms with van der Waals surface area (Å²) in [5, 5.41) is 9.12. The van der Waals surface area contributed by atoms with E-state index >= 15 is 0 Å². The van der Waals surface area contributed by atoms with Crippen LogP contribution in [0, 0.1) is 5.41 Å². The van der Waals surface area contributed by atoms with E-state index < -0.39 is 11.4 Å². The summed E-state index contributed by atoms with van der Waals surface area (Å²) in [4.78, 5) is 24.5. The molecule has 0 fully saturated rings. The molecule has 0 aromatic carbocycles. The summed E-state index contributed by atoms with van der Waals surface area (Å²) in [5.74, 6) is -0.861. The first-order chi connectivity index (χ1) is 6.63. The molecule has 0 aromatic heterocycles. The molecule has 1 N–H and O–H groups in total. The molecule has 0 aliphatic heterocycles. The molecule has 0 radical (unpaired) electrons. The molecule has 4 heteroatoms. The van der Waals surface area contributed by atoms with E-state index in [2.05, 4.69) is 4.99 Å². The lowest BCUT2D eigenvalue weighted by Gasteiger charge is -2.26. The van der Waals surface area contributed by atoms with Crippen molar-refractivity contribution in [2.24, 2.45) is 10.4 Å². The van der Waals surface area contributed by atoms with Crippen LogP contribution in [0.15, 0.2) is 4.99 Å². The van der Waals surface area contributed by atoms with Gasteiger partial charge in [0.2, 0.25) is 6.08 Å². The summed E-state index contributed by atoms with van der Waals surface area (Å²) in [7, 11) is 0. The Morgan fingerprint density at radius 3 is 2.14 bits per heavy atom. The number of isocyanates is 1. The Bertz CT molecular complexity index is 226. The minimum atomic E-state index is -0.861. The molecule has 0 aliphatic carbocycles. The monoisotopic (exact) mass is 199 g/mol. The number of rotatable bonds is 7. The van der Waals surface area contributed by atoms with Crippen molar-refractivity contribution in [1.29, 1.82) is 0 Å². The number of carboxylic acids is 1. The van der Waals surface area contributed by atoms with Crippen LogP contribution in [0.3, 0.4) is 0 Å². The Morgan fingerprint density at radius 1 is 1.36 bits per heavy atom. The van der Waals surface area contributed by atoms with Gasteiger partial charge in [0.15, 0.2) is 0 Å². The second-order valence-electron chi connectivity index (χ2n) is 3.49. The van der Waals surface area contributed by atoms with E-state index in [0.717, 1.165) is 12.8 Å². The summed E-state index contributed by atoms with van der Waals surface area (Å²) in [6.45, 7) is 3.91. The smallest absolute Gasteiger partial charge is 0.311 e. The molecule has 0 unspecified atom stereocenters. The van der Waals surface area contributed by atoms with Gasteiger partial charge >= 0.3 is 5.97 Å². The first-order valence-corrected chi connectivity index (χ1v) is 4.90. The molecule has 4 nitrogen and oxygen atoms in total. The third kappa shape index (κ3) is 3.30. The van der Waals surface area contributed by atoms with Crippen molar-refractivity contribution in [3.05, 3.63) is 0 Å². The van der Waals surface area contributed by atoms with Crippen LogP contribution in [-0.4, -0.2) is 23.7 Å². The summed E-state index contributed by atoms with van der Waals surface area (Å²) in [6.07, 6.45) is 4.08. The van der Waals surface area contributed by atoms with Crippen LogP contribution in [0.5, 0.6) is 0 Å². The fourth-order valence-corrected chi connectivity index (χ4v) is 1.71. The van der Waals surface area contributed by atoms with E-state index in [4.69, 9.17) is 5.11 Å². The minimum absolute atomic E-state index is 0.0491. The molecule has 0 heterocycles. The highest BCUT2D eigenvalue weighted by Crippen LogP contribution is 2.30. The third-order valence-corrected chi connectivity index (χ3v) is 2.36. The number of carbonyl (C=O) groups is 1. The van der Waals surface area contributed by atoms with Crippen LogP contribution in [0.25, 0.3) is 0 Å². The van der Waals surface area contributed by atoms with Gasteiger partial charge in [-0.3, -0.25) is 4.79 Å². The number of aliphatic carboxylic acids is 1. The lowest BCUT2D eigenvalue weighted by atomic mass is 9.79. The summed E-state index contributed by atoms with van der Waals surface area (Å²) >= 11 is 0. The largest absolute Gasteiger partial charge is 0.481 e. The number of carbonyl (C=O) groups excluding carboxylic acids is 1. The van der Waals surface area contributed by atoms with Crippen molar-refractivity contribution in [3.8, 4) is 0 Å². The molecular formula is C10H17NO3. The Hall–Kier alpha value is -1.15. The van der Waals surface area contributed by atoms with Crippen LogP contribution in [0.4, 0.5) is 0 Å². The van der Waals surface area contributed by atoms with E-state index in [1.165, 1.54) is 6.08 Å². The minimum Gasteiger partial charge on any atom is -0.481 e. The van der Waals surface area contributed by atoms with E-state index in [1.807, 2.05) is 13.8 Å². The maximum atomic E-state index is 11.1. The summed E-state index contributed by atoms with van der Waals surface area (Å²) in [5.41, 5.74) is -0.860. The van der Waals surface area contributed by atoms with Crippen molar-refractivity contribution < 1.29 is 14.7 Å². The Morgan fingerprint density at radius 2 is 1.86 bits per heavy atom. The van der Waals surface area contributed by atoms with Gasteiger partial charge in [-0.15, -0.1) is 0 Å². The number of carboxylic acid groups (broad SMARTS) is 1. The molecule has 80 valence electrons. The van der Waals surface area contributed by atoms with E-state index in [-0.39, 0.29) is 6.54 Å². The van der Waals surface area contributed by atoms with Crippen molar-refractivity contribution >= 4 is 12.0 Å². The highest BCUT2D eigenvalue weighted by Gasteiger charge is 2.36. The zero-order chi connectivity index (χ0) is 11.0. The van der Waals surface area contributed by atoms with Gasteiger partial charge in [-0.25, -0.2) is 9.79 Å². The molecule has 14 heavy (non-hydrogen) atoms. The standard InChI is InChI=1S/C10H17NO3/c1-3-5-10(6-4-2,9(13)14)7-11-8-12/h3-7H2,1-2H3,(H,13,14). The van der Waals surface area contributed by atoms with Gasteiger partial charge in [0.1, 0.15) is 0 Å². The van der Waals surface area contributed by atoms with Crippen molar-refractivity contribution in [2.45, 2.75) is 39.5 Å². The molecule has 0 atom stereocenters. The van der Waals surface area contributed by atoms with E-state index in [0.29, 0.717) is 12.8 Å². The average molecular weight is 199 g/mol. The Kier molecular flexibility index (Phi) is 5.81. The van der Waals surface area contributed by atoms with Gasteiger partial charge in [-0.1, -0.05) is 26.7 Å². The highest BCUT2D eigenvalue weighted by atomic mass is 16.4. The maximum absolute atomic E-state index is 11.1. The van der Waals surface area contributed by atoms with Gasteiger partial charge in [-0.2, -0.15) is 0 Å². The zero-order valence-electron chi connectivity index (χ0n) is 8.75. The molecule has 0 aliphatic rings. The SMILES string of the molecule is CCCC(CCC)(CN=C=O)C(=O)O. The van der Waals surface area contributed by atoms with Gasteiger partial charge < -0.3 is 5.11 Å². The first-order valence-electron chi connectivity index (χ1n) is 4.90. The van der Waals surface area contributed by atoms with Crippen LogP contribution >= 0.6 is 0 Å². The molecule has 0 saturated carbocycles. The number of aliphatic imine (C=N–C) groups is 1. The number of hydrogen-bond acceptors (Lipinski definition) is 3. The summed E-state index contributed by atoms with van der Waals surface area (Å²) in [6, 6.07) is 0. The van der Waals surface area contributed by atoms with E-state index in [1.54, 1.807) is 0 Å². The third-order valence-electron chi connectivity index (χ3n) is 2.36. The van der Waals surface area contributed by atoms with Crippen LogP contribution in [0.1, 0.15) is 39.5 Å². The maximum Gasteiger partial charge on any atom is 0.311 e. The van der Waals surface area contributed by atoms with Gasteiger partial charge in [0, 0.05) is 0 Å². The normalized spacial score (nSPS) is 10.7. The predicted octanol–water partition coefficient (Wildman–Crippen LogP) is 1.99. The molecule has 0 amide bonds. The van der Waals surface area contributed by atoms with Gasteiger partial charge in [0.25, 0.3) is 0 Å². The fraction of sp³-hybridized carbons (Fsp3) is 0.800. The highest BCUT2D eigenvalue weighted by molar-refractivity contribution is 5.75. The molecule has 0 spiro atoms. The number of nitrogens with zero attached hydrogens (tertiary/aromatic N) is 1. The topological polar surface area (TPSA) is 66.7 Å². The molecule has 0 rings (SSSR count). The van der Waals surface area contributed by atoms with Crippen LogP contribution in [0.2, 0.25) is 0 Å². The zero-order valence-corrected chi connectivity index (χ0v) is 8.75. The Labute approximate surface area is 84.0 Å². The second-order valence-corrected chi connectivity index (χ2v) is 3.49. The molecule has 0 saturated heterocycles. The van der Waals surface area contributed by atoms with Gasteiger partial charge in [0.05, 0.1) is 12.0 Å². The molecule has 0 aromatic rings. The van der Waals surface area contributed by atoms with Crippen molar-refractivity contribution in [3.63, 3.8) is 0 Å². The molecule has 0 bridgehead atoms. The first kappa shape index (κ1) is 12.8. The van der Waals surface area contributed by atoms with Crippen molar-refractivity contribution in [2.75, 3.05) is 6.54 Å². The fourth-order valence-electron chi connectivity index (χ4n) is 1.71. The van der Waals surface area contributed by atoms with Crippen LogP contribution < -0.4 is 0 Å². The molecular weight excluding hydrogens is 182 g/mol. The second kappa shape index (κ2) is 6.33. The van der Waals surface area contributed by atoms with Gasteiger partial charge in [-0.05, 0) is 12.8 Å². The lowest BCUT2D eigenvalue weighted by Crippen LogP contribution is -2.34. The predicted molar refractivity (Wildman–Crippen MR) is 52.9 cm³/mol. The van der Waals surface area contributed by atoms with Crippen molar-refractivity contribution in [1.82, 2.24) is 0 Å². The van der Waals surface area contributed by atoms with E-state index in [9.17, 15) is 9.59 Å².